The van der Waals surface area contributed by atoms with E-state index >= 15 is 0 Å². The van der Waals surface area contributed by atoms with Gasteiger partial charge in [-0.2, -0.15) is 0 Å². The lowest BCUT2D eigenvalue weighted by atomic mass is 10.1. The first kappa shape index (κ1) is 9.47. The lowest BCUT2D eigenvalue weighted by Gasteiger charge is -2.26. The Morgan fingerprint density at radius 1 is 1.23 bits per heavy atom. The molecule has 2 unspecified atom stereocenters. The van der Waals surface area contributed by atoms with Crippen LogP contribution in [-0.2, 0) is 0 Å². The van der Waals surface area contributed by atoms with Gasteiger partial charge in [0.05, 0.1) is 6.10 Å². The molecule has 2 aliphatic carbocycles. The summed E-state index contributed by atoms with van der Waals surface area (Å²) in [6.07, 6.45) is 5.21. The zero-order valence-electron chi connectivity index (χ0n) is 8.74. The van der Waals surface area contributed by atoms with E-state index in [2.05, 4.69) is 18.9 Å². The Kier molecular flexibility index (Phi) is 2.61. The molecule has 0 saturated heterocycles. The van der Waals surface area contributed by atoms with Crippen LogP contribution in [0.1, 0.15) is 32.6 Å². The standard InChI is InChI=1S/C11H21NO/c1-8(9-3-4-9)12(2)7-11(13)10-5-6-10/h8-11,13H,3-7H2,1-2H3. The molecular formula is C11H21NO. The third-order valence-corrected chi connectivity index (χ3v) is 3.64. The minimum absolute atomic E-state index is 0.0637. The second-order valence-corrected chi connectivity index (χ2v) is 4.92. The highest BCUT2D eigenvalue weighted by atomic mass is 16.3. The number of hydrogen-bond acceptors (Lipinski definition) is 2. The van der Waals surface area contributed by atoms with Crippen molar-refractivity contribution in [2.45, 2.75) is 44.8 Å². The summed E-state index contributed by atoms with van der Waals surface area (Å²) < 4.78 is 0. The smallest absolute Gasteiger partial charge is 0.0695 e. The molecule has 0 bridgehead atoms. The highest BCUT2D eigenvalue weighted by molar-refractivity contribution is 4.87. The van der Waals surface area contributed by atoms with Gasteiger partial charge < -0.3 is 10.0 Å². The Morgan fingerprint density at radius 3 is 2.23 bits per heavy atom. The monoisotopic (exact) mass is 183 g/mol. The average Bonchev–Trinajstić information content (AvgIpc) is 2.92. The van der Waals surface area contributed by atoms with Crippen LogP contribution < -0.4 is 0 Å². The molecule has 0 spiro atoms. The molecule has 76 valence electrons. The summed E-state index contributed by atoms with van der Waals surface area (Å²) in [6.45, 7) is 3.17. The van der Waals surface area contributed by atoms with Crippen LogP contribution >= 0.6 is 0 Å². The largest absolute Gasteiger partial charge is 0.392 e. The topological polar surface area (TPSA) is 23.5 Å². The van der Waals surface area contributed by atoms with Crippen molar-refractivity contribution >= 4 is 0 Å². The van der Waals surface area contributed by atoms with Gasteiger partial charge in [-0.1, -0.05) is 0 Å². The zero-order valence-corrected chi connectivity index (χ0v) is 8.74. The molecule has 2 fully saturated rings. The predicted octanol–water partition coefficient (Wildman–Crippen LogP) is 1.49. The summed E-state index contributed by atoms with van der Waals surface area (Å²) in [7, 11) is 2.15. The fraction of sp³-hybridized carbons (Fsp3) is 1.00. The zero-order chi connectivity index (χ0) is 9.42. The van der Waals surface area contributed by atoms with Gasteiger partial charge in [0.15, 0.2) is 0 Å². The molecule has 0 aromatic carbocycles. The Hall–Kier alpha value is -0.0800. The summed E-state index contributed by atoms with van der Waals surface area (Å²) >= 11 is 0. The molecular weight excluding hydrogens is 162 g/mol. The summed E-state index contributed by atoms with van der Waals surface area (Å²) in [5, 5.41) is 9.77. The Morgan fingerprint density at radius 2 is 1.77 bits per heavy atom. The van der Waals surface area contributed by atoms with Gasteiger partial charge in [0.2, 0.25) is 0 Å². The van der Waals surface area contributed by atoms with Crippen LogP contribution in [0.15, 0.2) is 0 Å². The molecule has 2 atom stereocenters. The molecule has 13 heavy (non-hydrogen) atoms. The van der Waals surface area contributed by atoms with E-state index in [1.54, 1.807) is 0 Å². The predicted molar refractivity (Wildman–Crippen MR) is 53.5 cm³/mol. The van der Waals surface area contributed by atoms with Gasteiger partial charge in [-0.05, 0) is 51.5 Å². The quantitative estimate of drug-likeness (QED) is 0.698. The molecule has 2 rings (SSSR count). The van der Waals surface area contributed by atoms with Crippen LogP contribution in [0.4, 0.5) is 0 Å². The highest BCUT2D eigenvalue weighted by Gasteiger charge is 2.34. The lowest BCUT2D eigenvalue weighted by molar-refractivity contribution is 0.0864. The van der Waals surface area contributed by atoms with Gasteiger partial charge in [-0.3, -0.25) is 0 Å². The summed E-state index contributed by atoms with van der Waals surface area (Å²) in [6, 6.07) is 0.674. The minimum Gasteiger partial charge on any atom is -0.392 e. The first-order chi connectivity index (χ1) is 6.18. The van der Waals surface area contributed by atoms with Crippen LogP contribution in [-0.4, -0.2) is 35.7 Å². The van der Waals surface area contributed by atoms with E-state index in [1.807, 2.05) is 0 Å². The first-order valence-corrected chi connectivity index (χ1v) is 5.57. The average molecular weight is 183 g/mol. The third kappa shape index (κ3) is 2.44. The van der Waals surface area contributed by atoms with E-state index in [0.29, 0.717) is 12.0 Å². The van der Waals surface area contributed by atoms with Crippen molar-refractivity contribution in [2.24, 2.45) is 11.8 Å². The molecule has 2 saturated carbocycles. The van der Waals surface area contributed by atoms with E-state index in [4.69, 9.17) is 0 Å². The molecule has 2 nitrogen and oxygen atoms in total. The second kappa shape index (κ2) is 3.58. The maximum absolute atomic E-state index is 9.77. The Balaban J connectivity index is 1.72. The summed E-state index contributed by atoms with van der Waals surface area (Å²) in [5.74, 6) is 1.53. The first-order valence-electron chi connectivity index (χ1n) is 5.57. The van der Waals surface area contributed by atoms with E-state index in [1.165, 1.54) is 25.7 Å². The van der Waals surface area contributed by atoms with E-state index in [0.717, 1.165) is 12.5 Å². The van der Waals surface area contributed by atoms with Crippen molar-refractivity contribution < 1.29 is 5.11 Å². The van der Waals surface area contributed by atoms with Crippen molar-refractivity contribution in [1.82, 2.24) is 4.90 Å². The summed E-state index contributed by atoms with van der Waals surface area (Å²) in [5.41, 5.74) is 0. The molecule has 0 aromatic heterocycles. The van der Waals surface area contributed by atoms with E-state index in [-0.39, 0.29) is 6.10 Å². The normalized spacial score (nSPS) is 27.7. The number of aliphatic hydroxyl groups is 1. The van der Waals surface area contributed by atoms with E-state index in [9.17, 15) is 5.11 Å². The minimum atomic E-state index is -0.0637. The van der Waals surface area contributed by atoms with Crippen molar-refractivity contribution in [2.75, 3.05) is 13.6 Å². The number of hydrogen-bond donors (Lipinski definition) is 1. The maximum atomic E-state index is 9.77. The number of nitrogens with zero attached hydrogens (tertiary/aromatic N) is 1. The van der Waals surface area contributed by atoms with Crippen LogP contribution in [0.25, 0.3) is 0 Å². The van der Waals surface area contributed by atoms with Gasteiger partial charge in [-0.15, -0.1) is 0 Å². The molecule has 0 aromatic rings. The fourth-order valence-corrected chi connectivity index (χ4v) is 2.03. The van der Waals surface area contributed by atoms with Gasteiger partial charge in [-0.25, -0.2) is 0 Å². The molecule has 2 aliphatic rings. The lowest BCUT2D eigenvalue weighted by Crippen LogP contribution is -2.37. The van der Waals surface area contributed by atoms with Crippen LogP contribution in [0.3, 0.4) is 0 Å². The second-order valence-electron chi connectivity index (χ2n) is 4.92. The third-order valence-electron chi connectivity index (χ3n) is 3.64. The Labute approximate surface area is 80.9 Å². The molecule has 0 aliphatic heterocycles. The molecule has 2 heteroatoms. The van der Waals surface area contributed by atoms with Crippen molar-refractivity contribution in [3.8, 4) is 0 Å². The Bertz CT molecular complexity index is 175. The fourth-order valence-electron chi connectivity index (χ4n) is 2.03. The number of likely N-dealkylation sites (N-methyl/N-ethyl adjacent to an activating group) is 1. The van der Waals surface area contributed by atoms with E-state index < -0.39 is 0 Å². The van der Waals surface area contributed by atoms with Crippen molar-refractivity contribution in [1.29, 1.82) is 0 Å². The number of rotatable bonds is 5. The molecule has 0 radical (unpaired) electrons. The van der Waals surface area contributed by atoms with Crippen molar-refractivity contribution in [3.05, 3.63) is 0 Å². The maximum Gasteiger partial charge on any atom is 0.0695 e. The van der Waals surface area contributed by atoms with Crippen LogP contribution in [0.5, 0.6) is 0 Å². The van der Waals surface area contributed by atoms with Gasteiger partial charge in [0, 0.05) is 12.6 Å². The SMILES string of the molecule is CC(C1CC1)N(C)CC(O)C1CC1. The van der Waals surface area contributed by atoms with Gasteiger partial charge in [0.1, 0.15) is 0 Å². The summed E-state index contributed by atoms with van der Waals surface area (Å²) in [4.78, 5) is 2.33. The van der Waals surface area contributed by atoms with Gasteiger partial charge in [0.25, 0.3) is 0 Å². The van der Waals surface area contributed by atoms with Crippen molar-refractivity contribution in [3.63, 3.8) is 0 Å². The number of aliphatic hydroxyl groups excluding tert-OH is 1. The molecule has 0 amide bonds. The molecule has 0 heterocycles. The molecule has 1 N–H and O–H groups in total. The van der Waals surface area contributed by atoms with Gasteiger partial charge >= 0.3 is 0 Å². The van der Waals surface area contributed by atoms with Crippen LogP contribution in [0.2, 0.25) is 0 Å². The highest BCUT2D eigenvalue weighted by Crippen LogP contribution is 2.36. The van der Waals surface area contributed by atoms with Crippen LogP contribution in [0, 0.1) is 11.8 Å².